The van der Waals surface area contributed by atoms with Crippen LogP contribution in [0.25, 0.3) is 11.4 Å². The second-order valence-corrected chi connectivity index (χ2v) is 5.94. The first-order chi connectivity index (χ1) is 11.7. The largest absolute Gasteiger partial charge is 0.290 e. The SMILES string of the molecule is Cc1cnc(CN2CCn3nc(-c4ncccc4F)cc3C2)cn1. The van der Waals surface area contributed by atoms with Crippen LogP contribution in [0.2, 0.25) is 0 Å². The van der Waals surface area contributed by atoms with Crippen molar-refractivity contribution in [2.24, 2.45) is 0 Å². The fourth-order valence-corrected chi connectivity index (χ4v) is 2.88. The molecule has 0 saturated carbocycles. The van der Waals surface area contributed by atoms with Gasteiger partial charge in [0.2, 0.25) is 0 Å². The van der Waals surface area contributed by atoms with Gasteiger partial charge in [0.15, 0.2) is 5.82 Å². The highest BCUT2D eigenvalue weighted by molar-refractivity contribution is 5.55. The third-order valence-corrected chi connectivity index (χ3v) is 4.10. The molecule has 1 aliphatic rings. The molecule has 3 aromatic rings. The van der Waals surface area contributed by atoms with Gasteiger partial charge in [-0.2, -0.15) is 5.10 Å². The average Bonchev–Trinajstić information content (AvgIpc) is 3.00. The Hall–Kier alpha value is -2.67. The minimum absolute atomic E-state index is 0.301. The number of fused-ring (bicyclic) bond motifs is 1. The summed E-state index contributed by atoms with van der Waals surface area (Å²) in [4.78, 5) is 15.1. The summed E-state index contributed by atoms with van der Waals surface area (Å²) in [6.45, 7) is 5.05. The van der Waals surface area contributed by atoms with E-state index in [2.05, 4.69) is 25.0 Å². The topological polar surface area (TPSA) is 59.7 Å². The number of aromatic nitrogens is 5. The maximum absolute atomic E-state index is 13.9. The quantitative estimate of drug-likeness (QED) is 0.739. The van der Waals surface area contributed by atoms with E-state index in [1.54, 1.807) is 18.5 Å². The molecule has 0 saturated heterocycles. The third-order valence-electron chi connectivity index (χ3n) is 4.10. The van der Waals surface area contributed by atoms with Gasteiger partial charge in [-0.25, -0.2) is 4.39 Å². The van der Waals surface area contributed by atoms with Crippen LogP contribution in [0.15, 0.2) is 36.8 Å². The average molecular weight is 324 g/mol. The number of pyridine rings is 1. The van der Waals surface area contributed by atoms with Gasteiger partial charge < -0.3 is 0 Å². The van der Waals surface area contributed by atoms with Crippen molar-refractivity contribution in [2.75, 3.05) is 6.54 Å². The fourth-order valence-electron chi connectivity index (χ4n) is 2.88. The Labute approximate surface area is 139 Å². The molecule has 24 heavy (non-hydrogen) atoms. The molecular weight excluding hydrogens is 307 g/mol. The second-order valence-electron chi connectivity index (χ2n) is 5.94. The number of rotatable bonds is 3. The summed E-state index contributed by atoms with van der Waals surface area (Å²) in [5.74, 6) is -0.347. The highest BCUT2D eigenvalue weighted by Crippen LogP contribution is 2.23. The maximum atomic E-state index is 13.9. The van der Waals surface area contributed by atoms with Gasteiger partial charge in [-0.3, -0.25) is 24.5 Å². The number of aryl methyl sites for hydroxylation is 1. The standard InChI is InChI=1S/C17H17FN6/c1-12-8-21-13(9-20-12)10-23-5-6-24-14(11-23)7-16(22-24)17-15(18)3-2-4-19-17/h2-4,7-9H,5-6,10-11H2,1H3. The molecule has 0 radical (unpaired) electrons. The first-order valence-electron chi connectivity index (χ1n) is 7.86. The number of hydrogen-bond donors (Lipinski definition) is 0. The summed E-state index contributed by atoms with van der Waals surface area (Å²) < 4.78 is 15.8. The summed E-state index contributed by atoms with van der Waals surface area (Å²) in [7, 11) is 0. The van der Waals surface area contributed by atoms with Crippen molar-refractivity contribution >= 4 is 0 Å². The van der Waals surface area contributed by atoms with Crippen LogP contribution in [0.4, 0.5) is 4.39 Å². The minimum Gasteiger partial charge on any atom is -0.290 e. The molecule has 3 aromatic heterocycles. The smallest absolute Gasteiger partial charge is 0.151 e. The lowest BCUT2D eigenvalue weighted by Crippen LogP contribution is -2.33. The first kappa shape index (κ1) is 14.9. The molecule has 0 aromatic carbocycles. The number of nitrogens with zero attached hydrogens (tertiary/aromatic N) is 6. The Bertz CT molecular complexity index is 858. The summed E-state index contributed by atoms with van der Waals surface area (Å²) in [6, 6.07) is 4.90. The Morgan fingerprint density at radius 3 is 2.88 bits per heavy atom. The van der Waals surface area contributed by atoms with Crippen LogP contribution < -0.4 is 0 Å². The molecule has 0 N–H and O–H groups in total. The zero-order chi connectivity index (χ0) is 16.5. The van der Waals surface area contributed by atoms with Crippen molar-refractivity contribution < 1.29 is 4.39 Å². The van der Waals surface area contributed by atoms with Crippen molar-refractivity contribution in [1.29, 1.82) is 0 Å². The van der Waals surface area contributed by atoms with Crippen molar-refractivity contribution in [3.05, 3.63) is 59.7 Å². The molecule has 4 heterocycles. The monoisotopic (exact) mass is 324 g/mol. The van der Waals surface area contributed by atoms with Crippen LogP contribution in [0.5, 0.6) is 0 Å². The molecule has 122 valence electrons. The van der Waals surface area contributed by atoms with Crippen molar-refractivity contribution in [2.45, 2.75) is 26.6 Å². The van der Waals surface area contributed by atoms with Gasteiger partial charge in [-0.15, -0.1) is 0 Å². The van der Waals surface area contributed by atoms with Crippen LogP contribution >= 0.6 is 0 Å². The molecule has 6 nitrogen and oxygen atoms in total. The third kappa shape index (κ3) is 2.90. The molecule has 0 fully saturated rings. The van der Waals surface area contributed by atoms with Gasteiger partial charge in [0.1, 0.15) is 11.4 Å². The van der Waals surface area contributed by atoms with E-state index < -0.39 is 0 Å². The summed E-state index contributed by atoms with van der Waals surface area (Å²) in [5, 5.41) is 4.49. The summed E-state index contributed by atoms with van der Waals surface area (Å²) in [6.07, 6.45) is 5.18. The molecule has 0 unspecified atom stereocenters. The Morgan fingerprint density at radius 1 is 1.17 bits per heavy atom. The normalized spacial score (nSPS) is 14.6. The molecule has 7 heteroatoms. The predicted octanol–water partition coefficient (Wildman–Crippen LogP) is 2.20. The van der Waals surface area contributed by atoms with Crippen molar-refractivity contribution in [3.8, 4) is 11.4 Å². The number of halogens is 1. The maximum Gasteiger partial charge on any atom is 0.151 e. The highest BCUT2D eigenvalue weighted by atomic mass is 19.1. The van der Waals surface area contributed by atoms with E-state index >= 15 is 0 Å². The van der Waals surface area contributed by atoms with Crippen molar-refractivity contribution in [3.63, 3.8) is 0 Å². The predicted molar refractivity (Wildman–Crippen MR) is 86.3 cm³/mol. The fraction of sp³-hybridized carbons (Fsp3) is 0.294. The van der Waals surface area contributed by atoms with E-state index in [1.165, 1.54) is 6.07 Å². The van der Waals surface area contributed by atoms with E-state index in [0.29, 0.717) is 11.4 Å². The van der Waals surface area contributed by atoms with Gasteiger partial charge in [-0.1, -0.05) is 0 Å². The first-order valence-corrected chi connectivity index (χ1v) is 7.86. The molecule has 0 aliphatic carbocycles. The summed E-state index contributed by atoms with van der Waals surface area (Å²) >= 11 is 0. The minimum atomic E-state index is -0.347. The Kier molecular flexibility index (Phi) is 3.78. The van der Waals surface area contributed by atoms with Crippen LogP contribution in [0, 0.1) is 12.7 Å². The highest BCUT2D eigenvalue weighted by Gasteiger charge is 2.20. The van der Waals surface area contributed by atoms with E-state index in [4.69, 9.17) is 0 Å². The molecule has 4 rings (SSSR count). The van der Waals surface area contributed by atoms with E-state index in [0.717, 1.165) is 43.3 Å². The molecular formula is C17H17FN6. The number of hydrogen-bond acceptors (Lipinski definition) is 5. The molecule has 0 amide bonds. The van der Waals surface area contributed by atoms with Crippen LogP contribution in [-0.4, -0.2) is 36.2 Å². The van der Waals surface area contributed by atoms with Crippen LogP contribution in [0.1, 0.15) is 17.1 Å². The Balaban J connectivity index is 1.53. The van der Waals surface area contributed by atoms with E-state index in [1.807, 2.05) is 23.9 Å². The molecule has 0 bridgehead atoms. The van der Waals surface area contributed by atoms with Gasteiger partial charge in [0.25, 0.3) is 0 Å². The zero-order valence-corrected chi connectivity index (χ0v) is 13.4. The van der Waals surface area contributed by atoms with E-state index in [-0.39, 0.29) is 5.82 Å². The van der Waals surface area contributed by atoms with Gasteiger partial charge in [0.05, 0.1) is 23.6 Å². The lowest BCUT2D eigenvalue weighted by atomic mass is 10.2. The van der Waals surface area contributed by atoms with Gasteiger partial charge >= 0.3 is 0 Å². The molecule has 1 aliphatic heterocycles. The van der Waals surface area contributed by atoms with Gasteiger partial charge in [-0.05, 0) is 25.1 Å². The van der Waals surface area contributed by atoms with Crippen LogP contribution in [-0.2, 0) is 19.6 Å². The van der Waals surface area contributed by atoms with Crippen LogP contribution in [0.3, 0.4) is 0 Å². The lowest BCUT2D eigenvalue weighted by molar-refractivity contribution is 0.203. The van der Waals surface area contributed by atoms with Crippen molar-refractivity contribution in [1.82, 2.24) is 29.6 Å². The van der Waals surface area contributed by atoms with E-state index in [9.17, 15) is 4.39 Å². The summed E-state index contributed by atoms with van der Waals surface area (Å²) in [5.41, 5.74) is 3.80. The second kappa shape index (κ2) is 6.09. The zero-order valence-electron chi connectivity index (χ0n) is 13.4. The Morgan fingerprint density at radius 2 is 2.08 bits per heavy atom. The molecule has 0 atom stereocenters. The van der Waals surface area contributed by atoms with Gasteiger partial charge in [0, 0.05) is 38.2 Å². The molecule has 0 spiro atoms. The lowest BCUT2D eigenvalue weighted by Gasteiger charge is -2.26.